The van der Waals surface area contributed by atoms with Crippen molar-refractivity contribution in [2.45, 2.75) is 18.8 Å². The van der Waals surface area contributed by atoms with Crippen LogP contribution < -0.4 is 20.1 Å². The second kappa shape index (κ2) is 9.38. The van der Waals surface area contributed by atoms with E-state index in [0.717, 1.165) is 0 Å². The number of methoxy groups -OCH3 is 2. The van der Waals surface area contributed by atoms with Crippen LogP contribution in [0, 0.1) is 0 Å². The van der Waals surface area contributed by atoms with Gasteiger partial charge < -0.3 is 24.8 Å². The Kier molecular flexibility index (Phi) is 7.14. The highest BCUT2D eigenvalue weighted by Gasteiger charge is 2.64. The zero-order valence-electron chi connectivity index (χ0n) is 16.5. The molecular weight excluding hydrogens is 405 g/mol. The summed E-state index contributed by atoms with van der Waals surface area (Å²) in [5.74, 6) is -2.57. The Bertz CT molecular complexity index is 890. The first-order valence-electron chi connectivity index (χ1n) is 8.80. The Hall–Kier alpha value is -3.43. The van der Waals surface area contributed by atoms with Crippen molar-refractivity contribution >= 4 is 17.6 Å². The van der Waals surface area contributed by atoms with Gasteiger partial charge in [-0.3, -0.25) is 4.79 Å². The van der Waals surface area contributed by atoms with Gasteiger partial charge in [0.1, 0.15) is 11.5 Å². The number of hydrogen-bond acceptors (Lipinski definition) is 6. The summed E-state index contributed by atoms with van der Waals surface area (Å²) in [6.45, 7) is 1.02. The van der Waals surface area contributed by atoms with Crippen LogP contribution in [0.15, 0.2) is 48.5 Å². The van der Waals surface area contributed by atoms with Gasteiger partial charge >= 0.3 is 17.8 Å². The fourth-order valence-corrected chi connectivity index (χ4v) is 2.57. The lowest BCUT2D eigenvalue weighted by Gasteiger charge is -2.35. The molecule has 2 aromatic carbocycles. The molecule has 0 spiro atoms. The highest BCUT2D eigenvalue weighted by atomic mass is 19.4. The molecule has 30 heavy (non-hydrogen) atoms. The van der Waals surface area contributed by atoms with Gasteiger partial charge in [-0.05, 0) is 31.2 Å². The van der Waals surface area contributed by atoms with Crippen molar-refractivity contribution in [2.75, 3.05) is 26.1 Å². The Morgan fingerprint density at radius 3 is 2.20 bits per heavy atom. The van der Waals surface area contributed by atoms with Crippen molar-refractivity contribution in [3.8, 4) is 11.5 Å². The van der Waals surface area contributed by atoms with Crippen molar-refractivity contribution in [2.24, 2.45) is 0 Å². The number of carbonyl (C=O) groups is 2. The van der Waals surface area contributed by atoms with E-state index in [1.54, 1.807) is 11.4 Å². The summed E-state index contributed by atoms with van der Waals surface area (Å²) in [6, 6.07) is 11.1. The van der Waals surface area contributed by atoms with E-state index in [0.29, 0.717) is 5.75 Å². The van der Waals surface area contributed by atoms with Gasteiger partial charge in [0.15, 0.2) is 0 Å². The number of alkyl halides is 3. The van der Waals surface area contributed by atoms with Gasteiger partial charge in [0, 0.05) is 11.6 Å². The van der Waals surface area contributed by atoms with Crippen LogP contribution in [0.5, 0.6) is 11.5 Å². The quantitative estimate of drug-likeness (QED) is 0.497. The Morgan fingerprint density at radius 1 is 1.00 bits per heavy atom. The highest BCUT2D eigenvalue weighted by molar-refractivity contribution is 5.99. The summed E-state index contributed by atoms with van der Waals surface area (Å²) in [4.78, 5) is 25.1. The number of halogens is 3. The third kappa shape index (κ3) is 4.76. The van der Waals surface area contributed by atoms with Crippen molar-refractivity contribution < 1.29 is 37.0 Å². The summed E-state index contributed by atoms with van der Waals surface area (Å²) in [7, 11) is 2.61. The van der Waals surface area contributed by atoms with E-state index in [1.165, 1.54) is 63.6 Å². The van der Waals surface area contributed by atoms with E-state index < -0.39 is 23.7 Å². The van der Waals surface area contributed by atoms with Crippen LogP contribution >= 0.6 is 0 Å². The van der Waals surface area contributed by atoms with Crippen molar-refractivity contribution in [3.63, 3.8) is 0 Å². The van der Waals surface area contributed by atoms with Crippen molar-refractivity contribution in [1.29, 1.82) is 0 Å². The maximum atomic E-state index is 14.2. The largest absolute Gasteiger partial charge is 0.497 e. The van der Waals surface area contributed by atoms with Crippen LogP contribution in [0.4, 0.5) is 18.9 Å². The standard InChI is InChI=1S/C20H21F3N2O5/c1-4-30-18(27)19(20(21,22)23,25-17(26)13-8-6-5-7-9-13)24-15-11-10-14(28-2)12-16(15)29-3/h5-12,24H,4H2,1-3H3,(H,25,26). The van der Waals surface area contributed by atoms with Gasteiger partial charge in [0.2, 0.25) is 0 Å². The van der Waals surface area contributed by atoms with E-state index in [1.807, 2.05) is 0 Å². The van der Waals surface area contributed by atoms with Crippen LogP contribution in [0.3, 0.4) is 0 Å². The average molecular weight is 426 g/mol. The third-order valence-corrected chi connectivity index (χ3v) is 4.07. The zero-order valence-corrected chi connectivity index (χ0v) is 16.5. The molecule has 1 amide bonds. The molecule has 0 bridgehead atoms. The molecule has 0 saturated heterocycles. The number of anilines is 1. The van der Waals surface area contributed by atoms with E-state index in [4.69, 9.17) is 9.47 Å². The van der Waals surface area contributed by atoms with Gasteiger partial charge in [-0.25, -0.2) is 4.79 Å². The van der Waals surface area contributed by atoms with Gasteiger partial charge in [-0.1, -0.05) is 18.2 Å². The maximum Gasteiger partial charge on any atom is 0.441 e. The monoisotopic (exact) mass is 426 g/mol. The van der Waals surface area contributed by atoms with E-state index in [2.05, 4.69) is 10.1 Å². The Balaban J connectivity index is 2.57. The molecule has 2 rings (SSSR count). The number of rotatable bonds is 8. The smallest absolute Gasteiger partial charge is 0.441 e. The molecule has 0 radical (unpaired) electrons. The van der Waals surface area contributed by atoms with Crippen LogP contribution in [0.1, 0.15) is 17.3 Å². The predicted octanol–water partition coefficient (Wildman–Crippen LogP) is 3.37. The Morgan fingerprint density at radius 2 is 1.67 bits per heavy atom. The molecule has 0 aliphatic rings. The van der Waals surface area contributed by atoms with Crippen LogP contribution in [-0.4, -0.2) is 44.5 Å². The minimum atomic E-state index is -5.27. The number of benzene rings is 2. The second-order valence-electron chi connectivity index (χ2n) is 5.98. The van der Waals surface area contributed by atoms with Gasteiger partial charge in [-0.2, -0.15) is 13.2 Å². The van der Waals surface area contributed by atoms with E-state index in [9.17, 15) is 22.8 Å². The lowest BCUT2D eigenvalue weighted by Crippen LogP contribution is -2.69. The molecule has 0 aliphatic heterocycles. The van der Waals surface area contributed by atoms with Gasteiger partial charge in [0.05, 0.1) is 26.5 Å². The fraction of sp³-hybridized carbons (Fsp3) is 0.300. The molecule has 0 aliphatic carbocycles. The zero-order chi connectivity index (χ0) is 22.4. The molecule has 0 fully saturated rings. The normalized spacial score (nSPS) is 13.0. The van der Waals surface area contributed by atoms with Gasteiger partial charge in [-0.15, -0.1) is 0 Å². The number of nitrogens with one attached hydrogen (secondary N) is 2. The number of amides is 1. The molecule has 10 heteroatoms. The Labute approximate surface area is 171 Å². The molecule has 7 nitrogen and oxygen atoms in total. The van der Waals surface area contributed by atoms with Crippen molar-refractivity contribution in [3.05, 3.63) is 54.1 Å². The average Bonchev–Trinajstić information content (AvgIpc) is 2.73. The molecule has 0 heterocycles. The first-order chi connectivity index (χ1) is 14.2. The third-order valence-electron chi connectivity index (χ3n) is 4.07. The summed E-state index contributed by atoms with van der Waals surface area (Å²) >= 11 is 0. The number of ether oxygens (including phenoxy) is 3. The van der Waals surface area contributed by atoms with Crippen LogP contribution in [-0.2, 0) is 9.53 Å². The molecular formula is C20H21F3N2O5. The lowest BCUT2D eigenvalue weighted by atomic mass is 10.1. The molecule has 162 valence electrons. The molecule has 2 aromatic rings. The predicted molar refractivity (Wildman–Crippen MR) is 102 cm³/mol. The molecule has 1 atom stereocenters. The molecule has 0 aromatic heterocycles. The van der Waals surface area contributed by atoms with E-state index in [-0.39, 0.29) is 23.6 Å². The number of carbonyl (C=O) groups excluding carboxylic acids is 2. The maximum absolute atomic E-state index is 14.2. The number of esters is 1. The minimum absolute atomic E-state index is 0.0405. The fourth-order valence-electron chi connectivity index (χ4n) is 2.57. The second-order valence-corrected chi connectivity index (χ2v) is 5.98. The van der Waals surface area contributed by atoms with Crippen molar-refractivity contribution in [1.82, 2.24) is 5.32 Å². The van der Waals surface area contributed by atoms with E-state index >= 15 is 0 Å². The summed E-state index contributed by atoms with van der Waals surface area (Å²) in [5, 5.41) is 3.84. The van der Waals surface area contributed by atoms with Gasteiger partial charge in [0.25, 0.3) is 5.91 Å². The number of hydrogen-bond donors (Lipinski definition) is 2. The highest BCUT2D eigenvalue weighted by Crippen LogP contribution is 2.37. The first kappa shape index (κ1) is 22.9. The summed E-state index contributed by atoms with van der Waals surface area (Å²) < 4.78 is 57.5. The van der Waals surface area contributed by atoms with Crippen LogP contribution in [0.25, 0.3) is 0 Å². The molecule has 2 N–H and O–H groups in total. The topological polar surface area (TPSA) is 85.9 Å². The lowest BCUT2D eigenvalue weighted by molar-refractivity contribution is -0.204. The summed E-state index contributed by atoms with van der Waals surface area (Å²) in [5.41, 5.74) is -3.85. The summed E-state index contributed by atoms with van der Waals surface area (Å²) in [6.07, 6.45) is -5.27. The first-order valence-corrected chi connectivity index (χ1v) is 8.80. The SMILES string of the molecule is CCOC(=O)C(NC(=O)c1ccccc1)(Nc1ccc(OC)cc1OC)C(F)(F)F. The minimum Gasteiger partial charge on any atom is -0.497 e. The molecule has 1 unspecified atom stereocenters. The van der Waals surface area contributed by atoms with Crippen LogP contribution in [0.2, 0.25) is 0 Å². The molecule has 0 saturated carbocycles.